The lowest BCUT2D eigenvalue weighted by molar-refractivity contribution is -0.396. The second-order valence-corrected chi connectivity index (χ2v) is 20.5. The Balaban J connectivity index is 1.09. The van der Waals surface area contributed by atoms with E-state index in [9.17, 15) is 102 Å². The van der Waals surface area contributed by atoms with Crippen LogP contribution in [0.1, 0.15) is 0 Å². The Morgan fingerprint density at radius 1 is 0.237 bits per heavy atom. The molecule has 0 aliphatic carbocycles. The molecule has 21 aliphatic heterocycles. The number of aliphatic hydroxyl groups is 20. The van der Waals surface area contributed by atoms with Crippen LogP contribution in [0, 0.1) is 0 Å². The molecule has 36 heteroatoms. The van der Waals surface area contributed by atoms with Crippen molar-refractivity contribution in [1.82, 2.24) is 5.32 Å². The molecule has 0 aromatic rings. The fourth-order valence-electron chi connectivity index (χ4n) is 10.8. The summed E-state index contributed by atoms with van der Waals surface area (Å²) in [5.74, 6) is 0. The molecule has 0 aromatic carbocycles. The Morgan fingerprint density at radius 2 is 0.400 bits per heavy atom. The molecule has 0 saturated carbocycles. The Kier molecular flexibility index (Phi) is 22.5. The van der Waals surface area contributed by atoms with Crippen molar-refractivity contribution in [1.29, 1.82) is 0 Å². The molecule has 0 spiro atoms. The third-order valence-electron chi connectivity index (χ3n) is 15.3. The molecule has 23 N–H and O–H groups in total. The van der Waals surface area contributed by atoms with Crippen LogP contribution in [0.3, 0.4) is 0 Å². The van der Waals surface area contributed by atoms with Gasteiger partial charge in [0.1, 0.15) is 171 Å². The number of nitrogens with two attached hydrogens (primary N) is 1. The predicted octanol–water partition coefficient (Wildman–Crippen LogP) is -15.7. The van der Waals surface area contributed by atoms with Crippen LogP contribution in [0.5, 0.6) is 0 Å². The van der Waals surface area contributed by atoms with Gasteiger partial charge in [-0.05, 0) is 0 Å². The number of nitrogens with one attached hydrogen (secondary N) is 1. The number of hydrogen-bond donors (Lipinski definition) is 22. The highest BCUT2D eigenvalue weighted by molar-refractivity contribution is 5.02. The maximum absolute atomic E-state index is 11.6. The molecule has 21 fully saturated rings. The molecule has 466 valence electrons. The molecule has 35 atom stereocenters. The van der Waals surface area contributed by atoms with Crippen LogP contribution < -0.4 is 11.1 Å². The van der Waals surface area contributed by atoms with Crippen LogP contribution in [0.4, 0.5) is 0 Å². The van der Waals surface area contributed by atoms with Gasteiger partial charge in [-0.15, -0.1) is 0 Å². The van der Waals surface area contributed by atoms with Crippen molar-refractivity contribution < 1.29 is 168 Å². The van der Waals surface area contributed by atoms with Gasteiger partial charge >= 0.3 is 0 Å². The summed E-state index contributed by atoms with van der Waals surface area (Å²) in [6.07, 6.45) is -69.1. The number of hydrogen-bond acceptors (Lipinski definition) is 36. The van der Waals surface area contributed by atoms with Crippen LogP contribution in [0.2, 0.25) is 0 Å². The Bertz CT molecular complexity index is 1880. The lowest BCUT2D eigenvalue weighted by Crippen LogP contribution is -2.68. The number of rotatable bonds is 10. The molecular formula is C44H76N2O34. The van der Waals surface area contributed by atoms with Crippen LogP contribution in [0.15, 0.2) is 0 Å². The summed E-state index contributed by atoms with van der Waals surface area (Å²) in [5.41, 5.74) is 5.66. The van der Waals surface area contributed by atoms with Crippen LogP contribution in [-0.2, 0) is 66.3 Å². The van der Waals surface area contributed by atoms with Gasteiger partial charge in [-0.3, -0.25) is 0 Å². The second kappa shape index (κ2) is 27.9. The highest BCUT2D eigenvalue weighted by Gasteiger charge is 2.59. The SMILES string of the molecule is NCCNC[C@@H]1O[C@@H]2O[C@H]3[C@H](O)[C@H](O)[C@@H](O[C@H]4[C@@H](O)[C@H](O)[C@@H](O[C@H]5[C@H](O)[C@@H](O)[C@@H](O[C@H]6[C@H](O)[C@@H](O)[C@@H](O[C@H]7[C@H](O)[C@@H](O)[C@@H](O[C@H]8[C@H](O)[C@@H](O)[C@@H](O[C@H]1[C@H](O)[C@H]2O)O[C@H]8CO)O[C@H]7CO)O[C@H]6CO)O[C@@H]5CO)O[C@@H]4CO)O[C@@H]3CO. The van der Waals surface area contributed by atoms with Gasteiger partial charge in [-0.25, -0.2) is 0 Å². The van der Waals surface area contributed by atoms with Gasteiger partial charge < -0.3 is 179 Å². The smallest absolute Gasteiger partial charge is 0.187 e. The van der Waals surface area contributed by atoms with Gasteiger partial charge in [0.05, 0.1) is 39.6 Å². The van der Waals surface area contributed by atoms with E-state index in [0.717, 1.165) is 0 Å². The Hall–Kier alpha value is -1.44. The summed E-state index contributed by atoms with van der Waals surface area (Å²) in [5, 5.41) is 225. The van der Waals surface area contributed by atoms with E-state index in [4.69, 9.17) is 72.0 Å². The molecule has 21 heterocycles. The normalized spacial score (nSPS) is 53.7. The molecule has 21 aliphatic rings. The van der Waals surface area contributed by atoms with E-state index < -0.39 is 255 Å². The van der Waals surface area contributed by atoms with E-state index in [1.54, 1.807) is 0 Å². The van der Waals surface area contributed by atoms with Crippen LogP contribution >= 0.6 is 0 Å². The van der Waals surface area contributed by atoms with Gasteiger partial charge in [0.2, 0.25) is 0 Å². The first-order valence-electron chi connectivity index (χ1n) is 25.9. The van der Waals surface area contributed by atoms with E-state index in [1.165, 1.54) is 0 Å². The number of aliphatic hydroxyl groups excluding tert-OH is 20. The Labute approximate surface area is 453 Å². The molecule has 36 nitrogen and oxygen atoms in total. The first-order chi connectivity index (χ1) is 38.2. The minimum absolute atomic E-state index is 0.0733. The van der Waals surface area contributed by atoms with E-state index in [0.29, 0.717) is 0 Å². The maximum atomic E-state index is 11.6. The summed E-state index contributed by atoms with van der Waals surface area (Å²) in [7, 11) is 0. The van der Waals surface area contributed by atoms with Crippen molar-refractivity contribution in [2.24, 2.45) is 5.73 Å². The molecular weight excluding hydrogens is 1100 g/mol. The fraction of sp³-hybridized carbons (Fsp3) is 1.00. The van der Waals surface area contributed by atoms with E-state index in [2.05, 4.69) is 5.32 Å². The highest BCUT2D eigenvalue weighted by Crippen LogP contribution is 2.39. The first-order valence-corrected chi connectivity index (χ1v) is 25.9. The maximum Gasteiger partial charge on any atom is 0.187 e. The fourth-order valence-corrected chi connectivity index (χ4v) is 10.8. The zero-order valence-electron chi connectivity index (χ0n) is 42.3. The van der Waals surface area contributed by atoms with E-state index >= 15 is 0 Å². The quantitative estimate of drug-likeness (QED) is 0.0903. The lowest BCUT2D eigenvalue weighted by atomic mass is 9.95. The van der Waals surface area contributed by atoms with Gasteiger partial charge in [0.15, 0.2) is 44.0 Å². The van der Waals surface area contributed by atoms with Crippen LogP contribution in [-0.4, -0.2) is 376 Å². The summed E-state index contributed by atoms with van der Waals surface area (Å²) >= 11 is 0. The minimum Gasteiger partial charge on any atom is -0.394 e. The lowest BCUT2D eigenvalue weighted by Gasteiger charge is -2.50. The topological polar surface area (TPSA) is 572 Å². The van der Waals surface area contributed by atoms with E-state index in [-0.39, 0.29) is 19.6 Å². The average Bonchev–Trinajstić information content (AvgIpc) is 3.50. The third kappa shape index (κ3) is 13.0. The molecule has 0 aromatic heterocycles. The molecule has 80 heavy (non-hydrogen) atoms. The molecule has 0 unspecified atom stereocenters. The molecule has 14 bridgehead atoms. The minimum atomic E-state index is -2.20. The largest absolute Gasteiger partial charge is 0.394 e. The van der Waals surface area contributed by atoms with Crippen molar-refractivity contribution >= 4 is 0 Å². The van der Waals surface area contributed by atoms with Crippen molar-refractivity contribution in [3.05, 3.63) is 0 Å². The summed E-state index contributed by atoms with van der Waals surface area (Å²) in [6, 6.07) is 0. The first kappa shape index (κ1) is 64.6. The van der Waals surface area contributed by atoms with Crippen molar-refractivity contribution in [3.63, 3.8) is 0 Å². The highest BCUT2D eigenvalue weighted by atomic mass is 16.8. The summed E-state index contributed by atoms with van der Waals surface area (Å²) < 4.78 is 80.7. The molecule has 0 amide bonds. The molecule has 0 radical (unpaired) electrons. The Morgan fingerprint density at radius 3 is 0.562 bits per heavy atom. The second-order valence-electron chi connectivity index (χ2n) is 20.5. The van der Waals surface area contributed by atoms with Crippen LogP contribution in [0.25, 0.3) is 0 Å². The zero-order valence-corrected chi connectivity index (χ0v) is 42.3. The van der Waals surface area contributed by atoms with E-state index in [1.807, 2.05) is 0 Å². The van der Waals surface area contributed by atoms with Gasteiger partial charge in [0.25, 0.3) is 0 Å². The van der Waals surface area contributed by atoms with Crippen molar-refractivity contribution in [2.45, 2.75) is 215 Å². The molecule has 21 rings (SSSR count). The predicted molar refractivity (Wildman–Crippen MR) is 243 cm³/mol. The monoisotopic (exact) mass is 1180 g/mol. The standard InChI is InChI=1S/C44H76N2O34/c45-1-2-46-3-10-31-17(53)24(60)38(67-10)75-32-11(4-47)69-40(26(62)19(32)55)77-34-13(6-49)71-42(28(64)21(34)57)79-36-15(8-51)73-44(30(66)23(36)59)80-37-16(9-52)72-43(29(65)22(37)58)78-35-14(7-50)70-41(27(63)20(35)56)76-33-12(5-48)68-39(74-31)25(61)18(33)54/h10-44,46-66H,1-9,45H2/t10-,11+,12-,13+,14-,15+,16-,17+,18+,19+,20+,21-,22+,23+,24+,25+,26-,27+,28-,29+,30+,31+,32+,33+,34+,35+,36+,37+,38+,39+,40+,41+,42+,43+,44+/m0/s1. The zero-order chi connectivity index (χ0) is 58.2. The average molecular weight is 1180 g/mol. The summed E-state index contributed by atoms with van der Waals surface area (Å²) in [6.45, 7) is -6.27. The summed E-state index contributed by atoms with van der Waals surface area (Å²) in [4.78, 5) is 0. The van der Waals surface area contributed by atoms with Crippen molar-refractivity contribution in [2.75, 3.05) is 59.3 Å². The van der Waals surface area contributed by atoms with Gasteiger partial charge in [0, 0.05) is 19.6 Å². The number of ether oxygens (including phenoxy) is 14. The van der Waals surface area contributed by atoms with Gasteiger partial charge in [-0.2, -0.15) is 0 Å². The van der Waals surface area contributed by atoms with Crippen molar-refractivity contribution in [3.8, 4) is 0 Å². The third-order valence-corrected chi connectivity index (χ3v) is 15.3. The molecule has 21 saturated heterocycles. The van der Waals surface area contributed by atoms with Gasteiger partial charge in [-0.1, -0.05) is 0 Å².